The van der Waals surface area contributed by atoms with E-state index in [4.69, 9.17) is 0 Å². The highest BCUT2D eigenvalue weighted by Gasteiger charge is 2.47. The molecule has 7 heteroatoms. The molecule has 1 amide bonds. The first-order chi connectivity index (χ1) is 10.2. The van der Waals surface area contributed by atoms with Crippen LogP contribution in [-0.4, -0.2) is 54.9 Å². The Labute approximate surface area is 131 Å². The lowest BCUT2D eigenvalue weighted by atomic mass is 9.66. The van der Waals surface area contributed by atoms with E-state index in [0.717, 1.165) is 19.3 Å². The Balaban J connectivity index is 2.10. The molecule has 126 valence electrons. The van der Waals surface area contributed by atoms with Crippen molar-refractivity contribution in [2.75, 3.05) is 13.3 Å². The van der Waals surface area contributed by atoms with E-state index in [9.17, 15) is 23.1 Å². The van der Waals surface area contributed by atoms with Crippen LogP contribution in [-0.2, 0) is 19.4 Å². The third-order valence-corrected chi connectivity index (χ3v) is 7.01. The number of carboxylic acids is 1. The van der Waals surface area contributed by atoms with Gasteiger partial charge in [-0.1, -0.05) is 19.3 Å². The van der Waals surface area contributed by atoms with Gasteiger partial charge in [0, 0.05) is 25.8 Å². The van der Waals surface area contributed by atoms with Gasteiger partial charge in [0.25, 0.3) is 0 Å². The molecule has 2 aliphatic carbocycles. The highest BCUT2D eigenvalue weighted by Crippen LogP contribution is 2.44. The van der Waals surface area contributed by atoms with Gasteiger partial charge >= 0.3 is 5.97 Å². The first kappa shape index (κ1) is 17.2. The van der Waals surface area contributed by atoms with Crippen molar-refractivity contribution < 1.29 is 23.1 Å². The molecule has 22 heavy (non-hydrogen) atoms. The highest BCUT2D eigenvalue weighted by atomic mass is 32.2. The molecule has 2 fully saturated rings. The maximum Gasteiger partial charge on any atom is 0.310 e. The van der Waals surface area contributed by atoms with Gasteiger partial charge in [-0.25, -0.2) is 8.42 Å². The van der Waals surface area contributed by atoms with Crippen LogP contribution in [0.5, 0.6) is 0 Å². The molecule has 0 saturated heterocycles. The van der Waals surface area contributed by atoms with Crippen LogP contribution in [0.25, 0.3) is 0 Å². The Morgan fingerprint density at radius 2 is 1.77 bits per heavy atom. The average Bonchev–Trinajstić information content (AvgIpc) is 2.40. The van der Waals surface area contributed by atoms with Crippen molar-refractivity contribution in [1.82, 2.24) is 4.90 Å². The summed E-state index contributed by atoms with van der Waals surface area (Å²) < 4.78 is 23.9. The molecule has 6 nitrogen and oxygen atoms in total. The van der Waals surface area contributed by atoms with Crippen molar-refractivity contribution in [3.05, 3.63) is 0 Å². The number of hydrogen-bond acceptors (Lipinski definition) is 4. The lowest BCUT2D eigenvalue weighted by Crippen LogP contribution is -2.51. The molecule has 2 saturated carbocycles. The van der Waals surface area contributed by atoms with Crippen molar-refractivity contribution in [1.29, 1.82) is 0 Å². The SMILES string of the molecule is CN(C(=O)CC1(C(=O)O)CCC1)C1CCCCC1S(C)(=O)=O. The van der Waals surface area contributed by atoms with Gasteiger partial charge in [-0.05, 0) is 25.7 Å². The fourth-order valence-corrected chi connectivity index (χ4v) is 5.17. The number of sulfone groups is 1. The van der Waals surface area contributed by atoms with Gasteiger partial charge in [0.2, 0.25) is 5.91 Å². The predicted octanol–water partition coefficient (Wildman–Crippen LogP) is 1.45. The second-order valence-electron chi connectivity index (χ2n) is 6.84. The number of aliphatic carboxylic acids is 1. The summed E-state index contributed by atoms with van der Waals surface area (Å²) in [5, 5.41) is 8.81. The molecule has 2 atom stereocenters. The number of amides is 1. The quantitative estimate of drug-likeness (QED) is 0.823. The average molecular weight is 331 g/mol. The molecule has 0 aliphatic heterocycles. The Morgan fingerprint density at radius 1 is 1.18 bits per heavy atom. The van der Waals surface area contributed by atoms with Crippen molar-refractivity contribution in [3.63, 3.8) is 0 Å². The van der Waals surface area contributed by atoms with Gasteiger partial charge in [-0.15, -0.1) is 0 Å². The molecular formula is C15H25NO5S. The summed E-state index contributed by atoms with van der Waals surface area (Å²) in [7, 11) is -1.60. The number of hydrogen-bond donors (Lipinski definition) is 1. The summed E-state index contributed by atoms with van der Waals surface area (Å²) in [5.74, 6) is -1.16. The van der Waals surface area contributed by atoms with Crippen LogP contribution < -0.4 is 0 Å². The molecule has 0 spiro atoms. The maximum atomic E-state index is 12.5. The minimum atomic E-state index is -3.22. The monoisotopic (exact) mass is 331 g/mol. The summed E-state index contributed by atoms with van der Waals surface area (Å²) in [4.78, 5) is 25.4. The Morgan fingerprint density at radius 3 is 2.23 bits per heavy atom. The van der Waals surface area contributed by atoms with Crippen LogP contribution >= 0.6 is 0 Å². The molecule has 0 heterocycles. The normalized spacial score (nSPS) is 27.7. The molecule has 1 N–H and O–H groups in total. The van der Waals surface area contributed by atoms with Gasteiger partial charge in [-0.3, -0.25) is 9.59 Å². The number of carbonyl (C=O) groups excluding carboxylic acids is 1. The van der Waals surface area contributed by atoms with Crippen molar-refractivity contribution in [2.45, 2.75) is 62.7 Å². The number of carboxylic acid groups (broad SMARTS) is 1. The van der Waals surface area contributed by atoms with Crippen LogP contribution in [0.4, 0.5) is 0 Å². The van der Waals surface area contributed by atoms with Crippen LogP contribution in [0.1, 0.15) is 51.4 Å². The molecule has 0 aromatic carbocycles. The summed E-state index contributed by atoms with van der Waals surface area (Å²) in [6.07, 6.45) is 6.09. The van der Waals surface area contributed by atoms with Gasteiger partial charge in [0.1, 0.15) is 0 Å². The summed E-state index contributed by atoms with van der Waals surface area (Å²) in [6, 6.07) is -0.331. The standard InChI is InChI=1S/C15H25NO5S/c1-16(11-6-3-4-7-12(11)22(2,20)21)13(17)10-15(14(18)19)8-5-9-15/h11-12H,3-10H2,1-2H3,(H,18,19). The zero-order valence-corrected chi connectivity index (χ0v) is 14.1. The third-order valence-electron chi connectivity index (χ3n) is 5.36. The van der Waals surface area contributed by atoms with Crippen molar-refractivity contribution >= 4 is 21.7 Å². The molecule has 2 unspecified atom stereocenters. The predicted molar refractivity (Wildman–Crippen MR) is 82.2 cm³/mol. The zero-order chi connectivity index (χ0) is 16.5. The Bertz CT molecular complexity index is 552. The fraction of sp³-hybridized carbons (Fsp3) is 0.867. The lowest BCUT2D eigenvalue weighted by molar-refractivity contribution is -0.159. The molecule has 2 rings (SSSR count). The maximum absolute atomic E-state index is 12.5. The van der Waals surface area contributed by atoms with Gasteiger partial charge in [-0.2, -0.15) is 0 Å². The number of carbonyl (C=O) groups is 2. The molecule has 0 radical (unpaired) electrons. The molecular weight excluding hydrogens is 306 g/mol. The summed E-state index contributed by atoms with van der Waals surface area (Å²) in [5.41, 5.74) is -0.930. The van der Waals surface area contributed by atoms with Crippen LogP contribution in [0, 0.1) is 5.41 Å². The minimum Gasteiger partial charge on any atom is -0.481 e. The van der Waals surface area contributed by atoms with Gasteiger partial charge in [0.05, 0.1) is 10.7 Å². The molecule has 0 aromatic rings. The van der Waals surface area contributed by atoms with Crippen molar-refractivity contribution in [2.24, 2.45) is 5.41 Å². The van der Waals surface area contributed by atoms with Crippen LogP contribution in [0.3, 0.4) is 0 Å². The molecule has 0 aromatic heterocycles. The first-order valence-electron chi connectivity index (χ1n) is 7.85. The van der Waals surface area contributed by atoms with E-state index in [-0.39, 0.29) is 18.4 Å². The molecule has 2 aliphatic rings. The van der Waals surface area contributed by atoms with E-state index in [1.165, 1.54) is 11.2 Å². The number of rotatable bonds is 5. The largest absolute Gasteiger partial charge is 0.481 e. The minimum absolute atomic E-state index is 0.0220. The second-order valence-corrected chi connectivity index (χ2v) is 9.10. The van der Waals surface area contributed by atoms with Crippen LogP contribution in [0.2, 0.25) is 0 Å². The summed E-state index contributed by atoms with van der Waals surface area (Å²) in [6.45, 7) is 0. The summed E-state index contributed by atoms with van der Waals surface area (Å²) >= 11 is 0. The fourth-order valence-electron chi connectivity index (χ4n) is 3.69. The van der Waals surface area contributed by atoms with E-state index >= 15 is 0 Å². The van der Waals surface area contributed by atoms with Gasteiger partial charge < -0.3 is 10.0 Å². The van der Waals surface area contributed by atoms with E-state index < -0.39 is 26.5 Å². The zero-order valence-electron chi connectivity index (χ0n) is 13.2. The van der Waals surface area contributed by atoms with Crippen LogP contribution in [0.15, 0.2) is 0 Å². The second kappa shape index (κ2) is 6.18. The van der Waals surface area contributed by atoms with E-state index in [1.54, 1.807) is 7.05 Å². The Kier molecular flexibility index (Phi) is 4.84. The lowest BCUT2D eigenvalue weighted by Gasteiger charge is -2.41. The smallest absolute Gasteiger partial charge is 0.310 e. The molecule has 0 bridgehead atoms. The van der Waals surface area contributed by atoms with E-state index in [2.05, 4.69) is 0 Å². The number of nitrogens with zero attached hydrogens (tertiary/aromatic N) is 1. The van der Waals surface area contributed by atoms with Gasteiger partial charge in [0.15, 0.2) is 9.84 Å². The van der Waals surface area contributed by atoms with Crippen molar-refractivity contribution in [3.8, 4) is 0 Å². The third kappa shape index (κ3) is 3.29. The first-order valence-corrected chi connectivity index (χ1v) is 9.81. The Hall–Kier alpha value is -1.11. The van der Waals surface area contributed by atoms with E-state index in [0.29, 0.717) is 25.7 Å². The van der Waals surface area contributed by atoms with E-state index in [1.807, 2.05) is 0 Å². The highest BCUT2D eigenvalue weighted by molar-refractivity contribution is 7.91. The topological polar surface area (TPSA) is 91.8 Å².